The summed E-state index contributed by atoms with van der Waals surface area (Å²) < 4.78 is 24.8. The van der Waals surface area contributed by atoms with Crippen molar-refractivity contribution in [1.82, 2.24) is 8.96 Å². The predicted molar refractivity (Wildman–Crippen MR) is 63.2 cm³/mol. The molecule has 0 aromatic carbocycles. The third-order valence-corrected chi connectivity index (χ3v) is 5.12. The van der Waals surface area contributed by atoms with Crippen LogP contribution in [-0.2, 0) is 10.0 Å². The highest BCUT2D eigenvalue weighted by Crippen LogP contribution is 2.28. The fraction of sp³-hybridized carbons (Fsp3) is 0.273. The van der Waals surface area contributed by atoms with E-state index in [1.807, 2.05) is 0 Å². The number of carbonyl (C=O) groups excluding carboxylic acids is 1. The van der Waals surface area contributed by atoms with Gasteiger partial charge < -0.3 is 0 Å². The third kappa shape index (κ3) is 1.74. The zero-order valence-corrected chi connectivity index (χ0v) is 10.1. The van der Waals surface area contributed by atoms with E-state index in [0.29, 0.717) is 12.7 Å². The SMILES string of the molecule is CC1(S(=O)(=O)n2ccnc2C=O)C=CC=CC1. The average Bonchev–Trinajstić information content (AvgIpc) is 2.78. The number of aldehydes is 1. The highest BCUT2D eigenvalue weighted by molar-refractivity contribution is 7.91. The lowest BCUT2D eigenvalue weighted by molar-refractivity contribution is 0.111. The summed E-state index contributed by atoms with van der Waals surface area (Å²) in [5.74, 6) is -0.103. The molecule has 0 saturated heterocycles. The topological polar surface area (TPSA) is 69.0 Å². The summed E-state index contributed by atoms with van der Waals surface area (Å²) in [4.78, 5) is 14.4. The van der Waals surface area contributed by atoms with E-state index in [-0.39, 0.29) is 5.82 Å². The molecule has 0 amide bonds. The van der Waals surface area contributed by atoms with Crippen molar-refractivity contribution in [2.24, 2.45) is 0 Å². The predicted octanol–water partition coefficient (Wildman–Crippen LogP) is 1.15. The molecule has 90 valence electrons. The Morgan fingerprint density at radius 2 is 2.24 bits per heavy atom. The summed E-state index contributed by atoms with van der Waals surface area (Å²) in [5.41, 5.74) is 0. The molecule has 1 heterocycles. The molecular formula is C11H12N2O3S. The lowest BCUT2D eigenvalue weighted by atomic mass is 10.0. The Bertz CT molecular complexity index is 598. The molecule has 1 aliphatic carbocycles. The summed E-state index contributed by atoms with van der Waals surface area (Å²) in [5, 5.41) is 0. The Hall–Kier alpha value is -1.69. The van der Waals surface area contributed by atoms with Gasteiger partial charge in [0.2, 0.25) is 10.0 Å². The average molecular weight is 252 g/mol. The first-order chi connectivity index (χ1) is 8.01. The van der Waals surface area contributed by atoms with Gasteiger partial charge in [-0.15, -0.1) is 0 Å². The minimum Gasteiger partial charge on any atom is -0.294 e. The molecule has 0 bridgehead atoms. The Morgan fingerprint density at radius 3 is 2.82 bits per heavy atom. The second-order valence-corrected chi connectivity index (χ2v) is 6.28. The monoisotopic (exact) mass is 252 g/mol. The molecule has 0 radical (unpaired) electrons. The van der Waals surface area contributed by atoms with Gasteiger partial charge in [0.1, 0.15) is 4.75 Å². The van der Waals surface area contributed by atoms with Crippen molar-refractivity contribution in [2.45, 2.75) is 18.1 Å². The molecule has 17 heavy (non-hydrogen) atoms. The van der Waals surface area contributed by atoms with Gasteiger partial charge in [0, 0.05) is 12.4 Å². The lowest BCUT2D eigenvalue weighted by Gasteiger charge is -2.26. The van der Waals surface area contributed by atoms with Gasteiger partial charge in [-0.25, -0.2) is 17.4 Å². The number of hydrogen-bond donors (Lipinski definition) is 0. The lowest BCUT2D eigenvalue weighted by Crippen LogP contribution is -2.38. The van der Waals surface area contributed by atoms with Crippen molar-refractivity contribution in [3.05, 3.63) is 42.5 Å². The van der Waals surface area contributed by atoms with Gasteiger partial charge in [-0.3, -0.25) is 4.79 Å². The molecule has 2 rings (SSSR count). The number of hydrogen-bond acceptors (Lipinski definition) is 4. The Kier molecular flexibility index (Phi) is 2.74. The second kappa shape index (κ2) is 3.96. The zero-order chi connectivity index (χ0) is 12.5. The summed E-state index contributed by atoms with van der Waals surface area (Å²) in [6.07, 6.45) is 10.3. The first kappa shape index (κ1) is 11.8. The Balaban J connectivity index is 2.54. The van der Waals surface area contributed by atoms with Crippen LogP contribution in [0.25, 0.3) is 0 Å². The van der Waals surface area contributed by atoms with Gasteiger partial charge in [0.05, 0.1) is 0 Å². The van der Waals surface area contributed by atoms with Gasteiger partial charge in [-0.1, -0.05) is 24.3 Å². The van der Waals surface area contributed by atoms with E-state index >= 15 is 0 Å². The van der Waals surface area contributed by atoms with Crippen LogP contribution in [-0.4, -0.2) is 28.4 Å². The molecule has 0 spiro atoms. The van der Waals surface area contributed by atoms with E-state index < -0.39 is 14.8 Å². The molecule has 1 aromatic rings. The number of carbonyl (C=O) groups is 1. The van der Waals surface area contributed by atoms with E-state index in [2.05, 4.69) is 4.98 Å². The van der Waals surface area contributed by atoms with Gasteiger partial charge >= 0.3 is 0 Å². The van der Waals surface area contributed by atoms with Crippen LogP contribution in [0.2, 0.25) is 0 Å². The van der Waals surface area contributed by atoms with Crippen LogP contribution in [0, 0.1) is 0 Å². The second-order valence-electron chi connectivity index (χ2n) is 4.01. The molecule has 1 atom stereocenters. The minimum atomic E-state index is -3.68. The Morgan fingerprint density at radius 1 is 1.47 bits per heavy atom. The number of nitrogens with zero attached hydrogens (tertiary/aromatic N) is 2. The van der Waals surface area contributed by atoms with E-state index in [1.54, 1.807) is 31.2 Å². The summed E-state index contributed by atoms with van der Waals surface area (Å²) in [7, 11) is -3.68. The minimum absolute atomic E-state index is 0.103. The first-order valence-corrected chi connectivity index (χ1v) is 6.53. The maximum absolute atomic E-state index is 12.4. The van der Waals surface area contributed by atoms with Gasteiger partial charge in [-0.2, -0.15) is 0 Å². The van der Waals surface area contributed by atoms with Crippen LogP contribution in [0.3, 0.4) is 0 Å². The number of rotatable bonds is 3. The van der Waals surface area contributed by atoms with Gasteiger partial charge in [-0.05, 0) is 13.3 Å². The first-order valence-electron chi connectivity index (χ1n) is 5.09. The summed E-state index contributed by atoms with van der Waals surface area (Å²) in [6.45, 7) is 1.62. The van der Waals surface area contributed by atoms with E-state index in [0.717, 1.165) is 3.97 Å². The van der Waals surface area contributed by atoms with Crippen LogP contribution >= 0.6 is 0 Å². The van der Waals surface area contributed by atoms with E-state index in [4.69, 9.17) is 0 Å². The normalized spacial score (nSPS) is 23.8. The molecule has 1 unspecified atom stereocenters. The highest BCUT2D eigenvalue weighted by Gasteiger charge is 2.38. The maximum atomic E-state index is 12.4. The quantitative estimate of drug-likeness (QED) is 0.757. The third-order valence-electron chi connectivity index (χ3n) is 2.81. The molecule has 1 aromatic heterocycles. The largest absolute Gasteiger partial charge is 0.294 e. The standard InChI is InChI=1S/C11H12N2O3S/c1-11(5-3-2-4-6-11)17(15,16)13-8-7-12-10(13)9-14/h2-5,7-9H,6H2,1H3. The van der Waals surface area contributed by atoms with Crippen molar-refractivity contribution in [3.63, 3.8) is 0 Å². The van der Waals surface area contributed by atoms with Crippen LogP contribution in [0.15, 0.2) is 36.7 Å². The summed E-state index contributed by atoms with van der Waals surface area (Å²) in [6, 6.07) is 0. The van der Waals surface area contributed by atoms with Crippen LogP contribution in [0.1, 0.15) is 24.0 Å². The molecule has 0 saturated carbocycles. The molecule has 0 fully saturated rings. The Labute approximate surface area is 99.5 Å². The molecule has 0 N–H and O–H groups in total. The van der Waals surface area contributed by atoms with E-state index in [1.165, 1.54) is 12.4 Å². The summed E-state index contributed by atoms with van der Waals surface area (Å²) >= 11 is 0. The van der Waals surface area contributed by atoms with Gasteiger partial charge in [0.25, 0.3) is 0 Å². The van der Waals surface area contributed by atoms with Crippen LogP contribution in [0.4, 0.5) is 0 Å². The maximum Gasteiger partial charge on any atom is 0.249 e. The number of imidazole rings is 1. The zero-order valence-electron chi connectivity index (χ0n) is 9.28. The van der Waals surface area contributed by atoms with Gasteiger partial charge in [0.15, 0.2) is 12.1 Å². The molecule has 6 heteroatoms. The number of allylic oxidation sites excluding steroid dienone is 3. The van der Waals surface area contributed by atoms with Crippen LogP contribution < -0.4 is 0 Å². The van der Waals surface area contributed by atoms with Crippen molar-refractivity contribution in [2.75, 3.05) is 0 Å². The highest BCUT2D eigenvalue weighted by atomic mass is 32.2. The number of aromatic nitrogens is 2. The van der Waals surface area contributed by atoms with E-state index in [9.17, 15) is 13.2 Å². The van der Waals surface area contributed by atoms with Crippen molar-refractivity contribution in [1.29, 1.82) is 0 Å². The fourth-order valence-electron chi connectivity index (χ4n) is 1.71. The molecule has 0 aliphatic heterocycles. The van der Waals surface area contributed by atoms with Crippen LogP contribution in [0.5, 0.6) is 0 Å². The molecular weight excluding hydrogens is 240 g/mol. The van der Waals surface area contributed by atoms with Crippen molar-refractivity contribution < 1.29 is 13.2 Å². The van der Waals surface area contributed by atoms with Crippen molar-refractivity contribution in [3.8, 4) is 0 Å². The molecule has 1 aliphatic rings. The smallest absolute Gasteiger partial charge is 0.249 e. The van der Waals surface area contributed by atoms with Crippen molar-refractivity contribution >= 4 is 16.3 Å². The molecule has 5 nitrogen and oxygen atoms in total. The fourth-order valence-corrected chi connectivity index (χ4v) is 3.27.